The van der Waals surface area contributed by atoms with E-state index in [1.165, 1.54) is 11.1 Å². The van der Waals surface area contributed by atoms with Crippen molar-refractivity contribution < 1.29 is 4.79 Å². The molecule has 2 rings (SSSR count). The second-order valence-electron chi connectivity index (χ2n) is 3.98. The first-order valence-corrected chi connectivity index (χ1v) is 5.36. The molecule has 80 valence electrons. The van der Waals surface area contributed by atoms with E-state index in [-0.39, 0.29) is 18.5 Å². The summed E-state index contributed by atoms with van der Waals surface area (Å²) < 4.78 is 0. The molecule has 3 heteroatoms. The Morgan fingerprint density at radius 2 is 2.13 bits per heavy atom. The van der Waals surface area contributed by atoms with Crippen LogP contribution in [0, 0.1) is 0 Å². The summed E-state index contributed by atoms with van der Waals surface area (Å²) in [5, 5.41) is 2.95. The van der Waals surface area contributed by atoms with Crippen molar-refractivity contribution in [3.8, 4) is 0 Å². The van der Waals surface area contributed by atoms with Crippen molar-refractivity contribution in [2.45, 2.75) is 25.3 Å². The standard InChI is InChI=1S/C12H16N2O/c13-8-12(15)14-11-6-5-9-3-1-2-4-10(9)7-11/h1-4,11H,5-8,13H2,(H,14,15). The molecule has 0 aromatic heterocycles. The average Bonchev–Trinajstić information content (AvgIpc) is 2.29. The number of carbonyl (C=O) groups is 1. The third-order valence-electron chi connectivity index (χ3n) is 2.90. The molecule has 0 spiro atoms. The van der Waals surface area contributed by atoms with E-state index in [2.05, 4.69) is 23.5 Å². The SMILES string of the molecule is NCC(=O)NC1CCc2ccccc2C1. The van der Waals surface area contributed by atoms with Crippen LogP contribution in [0.25, 0.3) is 0 Å². The minimum Gasteiger partial charge on any atom is -0.352 e. The Morgan fingerprint density at radius 1 is 1.40 bits per heavy atom. The fourth-order valence-corrected chi connectivity index (χ4v) is 2.11. The van der Waals surface area contributed by atoms with Gasteiger partial charge in [0.2, 0.25) is 5.91 Å². The zero-order chi connectivity index (χ0) is 10.7. The molecule has 1 aromatic carbocycles. The van der Waals surface area contributed by atoms with Gasteiger partial charge in [-0.15, -0.1) is 0 Å². The molecule has 0 saturated heterocycles. The van der Waals surface area contributed by atoms with Crippen LogP contribution in [0.2, 0.25) is 0 Å². The molecule has 0 bridgehead atoms. The van der Waals surface area contributed by atoms with Gasteiger partial charge in [0.25, 0.3) is 0 Å². The van der Waals surface area contributed by atoms with E-state index in [1.807, 2.05) is 6.07 Å². The molecule has 1 aliphatic carbocycles. The highest BCUT2D eigenvalue weighted by Gasteiger charge is 2.18. The van der Waals surface area contributed by atoms with E-state index in [0.717, 1.165) is 19.3 Å². The second kappa shape index (κ2) is 4.45. The molecule has 15 heavy (non-hydrogen) atoms. The van der Waals surface area contributed by atoms with Crippen LogP contribution in [0.3, 0.4) is 0 Å². The minimum atomic E-state index is -0.0561. The molecule has 1 aromatic rings. The number of amides is 1. The van der Waals surface area contributed by atoms with Gasteiger partial charge >= 0.3 is 0 Å². The van der Waals surface area contributed by atoms with Crippen LogP contribution in [0.15, 0.2) is 24.3 Å². The van der Waals surface area contributed by atoms with Gasteiger partial charge in [-0.2, -0.15) is 0 Å². The van der Waals surface area contributed by atoms with Crippen LogP contribution >= 0.6 is 0 Å². The van der Waals surface area contributed by atoms with Gasteiger partial charge in [0.15, 0.2) is 0 Å². The summed E-state index contributed by atoms with van der Waals surface area (Å²) in [5.41, 5.74) is 8.04. The van der Waals surface area contributed by atoms with Crippen LogP contribution in [0.1, 0.15) is 17.5 Å². The Bertz CT molecular complexity index is 362. The van der Waals surface area contributed by atoms with Crippen molar-refractivity contribution in [3.05, 3.63) is 35.4 Å². The van der Waals surface area contributed by atoms with E-state index < -0.39 is 0 Å². The van der Waals surface area contributed by atoms with Crippen molar-refractivity contribution >= 4 is 5.91 Å². The van der Waals surface area contributed by atoms with E-state index >= 15 is 0 Å². The van der Waals surface area contributed by atoms with E-state index in [1.54, 1.807) is 0 Å². The lowest BCUT2D eigenvalue weighted by molar-refractivity contribution is -0.120. The highest BCUT2D eigenvalue weighted by atomic mass is 16.1. The first kappa shape index (κ1) is 10.2. The summed E-state index contributed by atoms with van der Waals surface area (Å²) >= 11 is 0. The maximum atomic E-state index is 11.2. The summed E-state index contributed by atoms with van der Waals surface area (Å²) in [6, 6.07) is 8.67. The van der Waals surface area contributed by atoms with Crippen LogP contribution in [0.4, 0.5) is 0 Å². The summed E-state index contributed by atoms with van der Waals surface area (Å²) in [5.74, 6) is -0.0561. The molecule has 1 atom stereocenters. The van der Waals surface area contributed by atoms with Gasteiger partial charge < -0.3 is 11.1 Å². The van der Waals surface area contributed by atoms with Gasteiger partial charge in [-0.25, -0.2) is 0 Å². The molecule has 0 heterocycles. The predicted molar refractivity (Wildman–Crippen MR) is 59.5 cm³/mol. The van der Waals surface area contributed by atoms with Crippen molar-refractivity contribution in [2.24, 2.45) is 5.73 Å². The van der Waals surface area contributed by atoms with E-state index in [4.69, 9.17) is 5.73 Å². The highest BCUT2D eigenvalue weighted by molar-refractivity contribution is 5.78. The number of fused-ring (bicyclic) bond motifs is 1. The highest BCUT2D eigenvalue weighted by Crippen LogP contribution is 2.20. The summed E-state index contributed by atoms with van der Waals surface area (Å²) in [4.78, 5) is 11.2. The second-order valence-corrected chi connectivity index (χ2v) is 3.98. The van der Waals surface area contributed by atoms with Gasteiger partial charge in [-0.3, -0.25) is 4.79 Å². The van der Waals surface area contributed by atoms with Gasteiger partial charge in [0.05, 0.1) is 6.54 Å². The molecule has 1 unspecified atom stereocenters. The maximum Gasteiger partial charge on any atom is 0.233 e. The van der Waals surface area contributed by atoms with Gasteiger partial charge in [0.1, 0.15) is 0 Å². The smallest absolute Gasteiger partial charge is 0.233 e. The quantitative estimate of drug-likeness (QED) is 0.742. The molecule has 3 N–H and O–H groups in total. The lowest BCUT2D eigenvalue weighted by Crippen LogP contribution is -2.41. The number of nitrogens with one attached hydrogen (secondary N) is 1. The Kier molecular flexibility index (Phi) is 3.02. The molecule has 0 saturated carbocycles. The average molecular weight is 204 g/mol. The molecular weight excluding hydrogens is 188 g/mol. The van der Waals surface area contributed by atoms with Crippen LogP contribution in [-0.4, -0.2) is 18.5 Å². The first-order chi connectivity index (χ1) is 7.29. The number of hydrogen-bond acceptors (Lipinski definition) is 2. The van der Waals surface area contributed by atoms with Crippen molar-refractivity contribution in [2.75, 3.05) is 6.54 Å². The van der Waals surface area contributed by atoms with Crippen LogP contribution in [-0.2, 0) is 17.6 Å². The molecule has 1 aliphatic rings. The number of rotatable bonds is 2. The summed E-state index contributed by atoms with van der Waals surface area (Å²) in [7, 11) is 0. The molecular formula is C12H16N2O. The van der Waals surface area contributed by atoms with Gasteiger partial charge in [0, 0.05) is 6.04 Å². The zero-order valence-corrected chi connectivity index (χ0v) is 8.70. The van der Waals surface area contributed by atoms with Crippen molar-refractivity contribution in [1.82, 2.24) is 5.32 Å². The predicted octanol–water partition coefficient (Wildman–Crippen LogP) is 0.619. The third-order valence-corrected chi connectivity index (χ3v) is 2.90. The van der Waals surface area contributed by atoms with E-state index in [9.17, 15) is 4.79 Å². The topological polar surface area (TPSA) is 55.1 Å². The molecule has 0 fully saturated rings. The summed E-state index contributed by atoms with van der Waals surface area (Å²) in [6.45, 7) is 0.0815. The lowest BCUT2D eigenvalue weighted by Gasteiger charge is -2.25. The fraction of sp³-hybridized carbons (Fsp3) is 0.417. The molecule has 0 radical (unpaired) electrons. The minimum absolute atomic E-state index is 0.0561. The summed E-state index contributed by atoms with van der Waals surface area (Å²) in [6.07, 6.45) is 3.00. The normalized spacial score (nSPS) is 19.4. The molecule has 0 aliphatic heterocycles. The molecule has 1 amide bonds. The number of benzene rings is 1. The Morgan fingerprint density at radius 3 is 2.87 bits per heavy atom. The zero-order valence-electron chi connectivity index (χ0n) is 8.70. The molecule has 3 nitrogen and oxygen atoms in total. The number of carbonyl (C=O) groups excluding carboxylic acids is 1. The maximum absolute atomic E-state index is 11.2. The van der Waals surface area contributed by atoms with Gasteiger partial charge in [-0.05, 0) is 30.4 Å². The Balaban J connectivity index is 2.02. The Labute approximate surface area is 89.7 Å². The number of hydrogen-bond donors (Lipinski definition) is 2. The van der Waals surface area contributed by atoms with Crippen molar-refractivity contribution in [3.63, 3.8) is 0 Å². The number of aryl methyl sites for hydroxylation is 1. The first-order valence-electron chi connectivity index (χ1n) is 5.36. The fourth-order valence-electron chi connectivity index (χ4n) is 2.11. The van der Waals surface area contributed by atoms with Crippen LogP contribution < -0.4 is 11.1 Å². The van der Waals surface area contributed by atoms with E-state index in [0.29, 0.717) is 0 Å². The van der Waals surface area contributed by atoms with Crippen LogP contribution in [0.5, 0.6) is 0 Å². The monoisotopic (exact) mass is 204 g/mol. The third kappa shape index (κ3) is 2.36. The largest absolute Gasteiger partial charge is 0.352 e. The van der Waals surface area contributed by atoms with Gasteiger partial charge in [-0.1, -0.05) is 24.3 Å². The lowest BCUT2D eigenvalue weighted by atomic mass is 9.88. The Hall–Kier alpha value is -1.35. The number of nitrogens with two attached hydrogens (primary N) is 1. The van der Waals surface area contributed by atoms with Crippen molar-refractivity contribution in [1.29, 1.82) is 0 Å².